The van der Waals surface area contributed by atoms with Gasteiger partial charge in [-0.3, -0.25) is 0 Å². The summed E-state index contributed by atoms with van der Waals surface area (Å²) in [7, 11) is 0. The van der Waals surface area contributed by atoms with Gasteiger partial charge in [0.2, 0.25) is 0 Å². The monoisotopic (exact) mass is 204 g/mol. The smallest absolute Gasteiger partial charge is 0.163 e. The summed E-state index contributed by atoms with van der Waals surface area (Å²) in [4.78, 5) is 12.4. The number of imidazole rings is 1. The van der Waals surface area contributed by atoms with Crippen LogP contribution in [-0.4, -0.2) is 19.5 Å². The first-order valence-corrected chi connectivity index (χ1v) is 5.17. The SMILES string of the molecule is CC(C)(C)CCn1cnc2cncnc21. The van der Waals surface area contributed by atoms with Crippen LogP contribution in [0, 0.1) is 5.41 Å². The number of rotatable bonds is 2. The second kappa shape index (κ2) is 3.61. The molecule has 0 aliphatic rings. The Labute approximate surface area is 89.4 Å². The summed E-state index contributed by atoms with van der Waals surface area (Å²) in [6.45, 7) is 7.67. The van der Waals surface area contributed by atoms with E-state index in [0.29, 0.717) is 5.41 Å². The predicted molar refractivity (Wildman–Crippen MR) is 59.4 cm³/mol. The van der Waals surface area contributed by atoms with Crippen molar-refractivity contribution in [3.8, 4) is 0 Å². The molecule has 4 heteroatoms. The van der Waals surface area contributed by atoms with Crippen LogP contribution >= 0.6 is 0 Å². The van der Waals surface area contributed by atoms with Gasteiger partial charge in [-0.05, 0) is 11.8 Å². The first-order chi connectivity index (χ1) is 7.06. The van der Waals surface area contributed by atoms with E-state index in [2.05, 4.69) is 40.3 Å². The molecule has 0 bridgehead atoms. The molecule has 0 saturated carbocycles. The zero-order valence-electron chi connectivity index (χ0n) is 9.44. The topological polar surface area (TPSA) is 43.6 Å². The molecule has 0 spiro atoms. The molecular formula is C11H16N4. The number of hydrogen-bond donors (Lipinski definition) is 0. The second-order valence-corrected chi connectivity index (χ2v) is 4.98. The minimum atomic E-state index is 0.337. The van der Waals surface area contributed by atoms with Crippen molar-refractivity contribution in [2.45, 2.75) is 33.7 Å². The second-order valence-electron chi connectivity index (χ2n) is 4.98. The summed E-state index contributed by atoms with van der Waals surface area (Å²) < 4.78 is 2.09. The lowest BCUT2D eigenvalue weighted by Gasteiger charge is -2.17. The predicted octanol–water partition coefficient (Wildman–Crippen LogP) is 2.26. The fraction of sp³-hybridized carbons (Fsp3) is 0.545. The Morgan fingerprint density at radius 3 is 2.80 bits per heavy atom. The average molecular weight is 204 g/mol. The zero-order chi connectivity index (χ0) is 10.9. The summed E-state index contributed by atoms with van der Waals surface area (Å²) >= 11 is 0. The minimum Gasteiger partial charge on any atom is -0.315 e. The fourth-order valence-electron chi connectivity index (χ4n) is 1.43. The van der Waals surface area contributed by atoms with Crippen molar-refractivity contribution in [1.82, 2.24) is 19.5 Å². The summed E-state index contributed by atoms with van der Waals surface area (Å²) in [6, 6.07) is 0. The Kier molecular flexibility index (Phi) is 2.42. The number of hydrogen-bond acceptors (Lipinski definition) is 3. The van der Waals surface area contributed by atoms with Crippen LogP contribution in [0.25, 0.3) is 11.2 Å². The Morgan fingerprint density at radius 1 is 1.27 bits per heavy atom. The van der Waals surface area contributed by atoms with Crippen LogP contribution < -0.4 is 0 Å². The van der Waals surface area contributed by atoms with E-state index < -0.39 is 0 Å². The molecule has 2 heterocycles. The Morgan fingerprint density at radius 2 is 2.07 bits per heavy atom. The van der Waals surface area contributed by atoms with Crippen molar-refractivity contribution in [2.75, 3.05) is 0 Å². The highest BCUT2D eigenvalue weighted by Crippen LogP contribution is 2.20. The molecule has 0 aliphatic carbocycles. The lowest BCUT2D eigenvalue weighted by molar-refractivity contribution is 0.352. The first kappa shape index (κ1) is 10.1. The van der Waals surface area contributed by atoms with E-state index in [4.69, 9.17) is 0 Å². The molecule has 0 atom stereocenters. The van der Waals surface area contributed by atoms with Gasteiger partial charge >= 0.3 is 0 Å². The normalized spacial score (nSPS) is 12.2. The van der Waals surface area contributed by atoms with Crippen LogP contribution in [-0.2, 0) is 6.54 Å². The molecule has 4 nitrogen and oxygen atoms in total. The molecule has 0 saturated heterocycles. The molecule has 2 aromatic rings. The van der Waals surface area contributed by atoms with E-state index in [1.165, 1.54) is 0 Å². The Balaban J connectivity index is 2.22. The first-order valence-electron chi connectivity index (χ1n) is 5.17. The van der Waals surface area contributed by atoms with Gasteiger partial charge in [-0.25, -0.2) is 15.0 Å². The van der Waals surface area contributed by atoms with Gasteiger partial charge in [-0.15, -0.1) is 0 Å². The molecule has 0 N–H and O–H groups in total. The molecule has 0 aromatic carbocycles. The van der Waals surface area contributed by atoms with Gasteiger partial charge in [0.1, 0.15) is 11.8 Å². The maximum atomic E-state index is 4.26. The van der Waals surface area contributed by atoms with Crippen molar-refractivity contribution < 1.29 is 0 Å². The number of aromatic nitrogens is 4. The quantitative estimate of drug-likeness (QED) is 0.753. The van der Waals surface area contributed by atoms with Gasteiger partial charge in [0.15, 0.2) is 5.65 Å². The molecule has 0 radical (unpaired) electrons. The third-order valence-corrected chi connectivity index (χ3v) is 2.38. The van der Waals surface area contributed by atoms with Crippen molar-refractivity contribution in [3.05, 3.63) is 18.9 Å². The summed E-state index contributed by atoms with van der Waals surface area (Å²) in [5.41, 5.74) is 2.13. The van der Waals surface area contributed by atoms with Gasteiger partial charge in [-0.1, -0.05) is 20.8 Å². The average Bonchev–Trinajstić information content (AvgIpc) is 2.57. The van der Waals surface area contributed by atoms with Gasteiger partial charge in [-0.2, -0.15) is 0 Å². The Hall–Kier alpha value is -1.45. The molecule has 80 valence electrons. The third kappa shape index (κ3) is 2.32. The van der Waals surface area contributed by atoms with E-state index in [1.54, 1.807) is 12.5 Å². The van der Waals surface area contributed by atoms with Gasteiger partial charge < -0.3 is 4.57 Å². The molecular weight excluding hydrogens is 188 g/mol. The van der Waals surface area contributed by atoms with Crippen molar-refractivity contribution in [3.63, 3.8) is 0 Å². The number of nitrogens with zero attached hydrogens (tertiary/aromatic N) is 4. The van der Waals surface area contributed by atoms with E-state index >= 15 is 0 Å². The molecule has 2 aromatic heterocycles. The number of fused-ring (bicyclic) bond motifs is 1. The van der Waals surface area contributed by atoms with Gasteiger partial charge in [0.25, 0.3) is 0 Å². The molecule has 2 rings (SSSR count). The van der Waals surface area contributed by atoms with E-state index in [0.717, 1.165) is 24.1 Å². The van der Waals surface area contributed by atoms with Crippen molar-refractivity contribution in [1.29, 1.82) is 0 Å². The van der Waals surface area contributed by atoms with Crippen LogP contribution in [0.15, 0.2) is 18.9 Å². The molecule has 0 amide bonds. The van der Waals surface area contributed by atoms with Crippen LogP contribution in [0.5, 0.6) is 0 Å². The molecule has 0 fully saturated rings. The summed E-state index contributed by atoms with van der Waals surface area (Å²) in [6.07, 6.45) is 6.26. The molecule has 0 unspecified atom stereocenters. The lowest BCUT2D eigenvalue weighted by Crippen LogP contribution is -2.10. The van der Waals surface area contributed by atoms with Crippen LogP contribution in [0.1, 0.15) is 27.2 Å². The third-order valence-electron chi connectivity index (χ3n) is 2.38. The van der Waals surface area contributed by atoms with E-state index in [1.807, 2.05) is 6.33 Å². The fourth-order valence-corrected chi connectivity index (χ4v) is 1.43. The highest BCUT2D eigenvalue weighted by atomic mass is 15.1. The van der Waals surface area contributed by atoms with Crippen molar-refractivity contribution in [2.24, 2.45) is 5.41 Å². The molecule has 0 aliphatic heterocycles. The highest BCUT2D eigenvalue weighted by Gasteiger charge is 2.11. The van der Waals surface area contributed by atoms with Gasteiger partial charge in [0.05, 0.1) is 12.5 Å². The van der Waals surface area contributed by atoms with Crippen LogP contribution in [0.4, 0.5) is 0 Å². The van der Waals surface area contributed by atoms with Crippen molar-refractivity contribution >= 4 is 11.2 Å². The van der Waals surface area contributed by atoms with Crippen LogP contribution in [0.3, 0.4) is 0 Å². The summed E-state index contributed by atoms with van der Waals surface area (Å²) in [5.74, 6) is 0. The summed E-state index contributed by atoms with van der Waals surface area (Å²) in [5, 5.41) is 0. The van der Waals surface area contributed by atoms with E-state index in [9.17, 15) is 0 Å². The number of aryl methyl sites for hydroxylation is 1. The largest absolute Gasteiger partial charge is 0.315 e. The van der Waals surface area contributed by atoms with E-state index in [-0.39, 0.29) is 0 Å². The zero-order valence-corrected chi connectivity index (χ0v) is 9.44. The van der Waals surface area contributed by atoms with Crippen LogP contribution in [0.2, 0.25) is 0 Å². The molecule has 15 heavy (non-hydrogen) atoms. The standard InChI is InChI=1S/C11H16N4/c1-11(2,3)4-5-15-8-14-9-6-12-7-13-10(9)15/h6-8H,4-5H2,1-3H3. The maximum Gasteiger partial charge on any atom is 0.163 e. The van der Waals surface area contributed by atoms with Gasteiger partial charge in [0, 0.05) is 6.54 Å². The minimum absolute atomic E-state index is 0.337. The highest BCUT2D eigenvalue weighted by molar-refractivity contribution is 5.68. The maximum absolute atomic E-state index is 4.26. The lowest BCUT2D eigenvalue weighted by atomic mass is 9.92. The Bertz CT molecular complexity index is 453.